The SMILES string of the molecule is CNCc1ccc(OCOCc2ccccc2)c(Br)c1. The van der Waals surface area contributed by atoms with Gasteiger partial charge in [-0.25, -0.2) is 0 Å². The van der Waals surface area contributed by atoms with Gasteiger partial charge in [-0.2, -0.15) is 0 Å². The summed E-state index contributed by atoms with van der Waals surface area (Å²) in [5.74, 6) is 0.790. The molecule has 3 nitrogen and oxygen atoms in total. The van der Waals surface area contributed by atoms with Crippen LogP contribution in [0.2, 0.25) is 0 Å². The van der Waals surface area contributed by atoms with E-state index in [0.717, 1.165) is 22.3 Å². The largest absolute Gasteiger partial charge is 0.466 e. The Hall–Kier alpha value is -1.36. The van der Waals surface area contributed by atoms with E-state index in [1.54, 1.807) is 0 Å². The highest BCUT2D eigenvalue weighted by molar-refractivity contribution is 9.10. The van der Waals surface area contributed by atoms with Crippen LogP contribution in [0.4, 0.5) is 0 Å². The maximum absolute atomic E-state index is 5.60. The third kappa shape index (κ3) is 4.63. The molecule has 0 aliphatic heterocycles. The van der Waals surface area contributed by atoms with Crippen molar-refractivity contribution in [2.75, 3.05) is 13.8 Å². The van der Waals surface area contributed by atoms with Gasteiger partial charge >= 0.3 is 0 Å². The third-order valence-corrected chi connectivity index (χ3v) is 3.41. The van der Waals surface area contributed by atoms with Crippen molar-refractivity contribution < 1.29 is 9.47 Å². The summed E-state index contributed by atoms with van der Waals surface area (Å²) in [6.45, 7) is 1.62. The molecular formula is C16H18BrNO2. The number of nitrogens with one attached hydrogen (secondary N) is 1. The lowest BCUT2D eigenvalue weighted by molar-refractivity contribution is 0.00462. The first-order chi connectivity index (χ1) is 9.79. The Balaban J connectivity index is 1.79. The van der Waals surface area contributed by atoms with Crippen molar-refractivity contribution in [3.8, 4) is 5.75 Å². The third-order valence-electron chi connectivity index (χ3n) is 2.79. The number of benzene rings is 2. The standard InChI is InChI=1S/C16H18BrNO2/c1-18-10-14-7-8-16(15(17)9-14)20-12-19-11-13-5-3-2-4-6-13/h2-9,18H,10-12H2,1H3. The summed E-state index contributed by atoms with van der Waals surface area (Å²) in [5, 5.41) is 3.11. The van der Waals surface area contributed by atoms with Gasteiger partial charge in [-0.15, -0.1) is 0 Å². The number of rotatable bonds is 7. The van der Waals surface area contributed by atoms with Crippen molar-refractivity contribution in [2.45, 2.75) is 13.2 Å². The van der Waals surface area contributed by atoms with E-state index in [4.69, 9.17) is 9.47 Å². The highest BCUT2D eigenvalue weighted by Crippen LogP contribution is 2.26. The first kappa shape index (κ1) is 15.0. The molecule has 0 radical (unpaired) electrons. The highest BCUT2D eigenvalue weighted by atomic mass is 79.9. The molecule has 0 spiro atoms. The van der Waals surface area contributed by atoms with E-state index in [0.29, 0.717) is 6.61 Å². The van der Waals surface area contributed by atoms with E-state index in [1.807, 2.05) is 55.6 Å². The van der Waals surface area contributed by atoms with Crippen LogP contribution in [0.25, 0.3) is 0 Å². The van der Waals surface area contributed by atoms with E-state index in [9.17, 15) is 0 Å². The first-order valence-corrected chi connectivity index (χ1v) is 7.26. The second-order valence-electron chi connectivity index (χ2n) is 4.39. The molecule has 0 unspecified atom stereocenters. The zero-order valence-corrected chi connectivity index (χ0v) is 13.0. The smallest absolute Gasteiger partial charge is 0.189 e. The topological polar surface area (TPSA) is 30.5 Å². The molecule has 2 aromatic rings. The minimum Gasteiger partial charge on any atom is -0.466 e. The van der Waals surface area contributed by atoms with Gasteiger partial charge in [-0.3, -0.25) is 0 Å². The molecule has 1 N–H and O–H groups in total. The summed E-state index contributed by atoms with van der Waals surface area (Å²) in [7, 11) is 1.93. The molecule has 0 aliphatic rings. The normalized spacial score (nSPS) is 10.5. The highest BCUT2D eigenvalue weighted by Gasteiger charge is 2.02. The molecule has 0 aromatic heterocycles. The van der Waals surface area contributed by atoms with E-state index >= 15 is 0 Å². The van der Waals surface area contributed by atoms with Crippen molar-refractivity contribution in [3.63, 3.8) is 0 Å². The Morgan fingerprint density at radius 1 is 1.05 bits per heavy atom. The molecule has 0 saturated carbocycles. The summed E-state index contributed by atoms with van der Waals surface area (Å²) in [5.41, 5.74) is 2.34. The van der Waals surface area contributed by atoms with Crippen LogP contribution in [0.5, 0.6) is 5.75 Å². The molecule has 20 heavy (non-hydrogen) atoms. The lowest BCUT2D eigenvalue weighted by Crippen LogP contribution is -2.06. The minimum atomic E-state index is 0.235. The van der Waals surface area contributed by atoms with E-state index in [-0.39, 0.29) is 6.79 Å². The number of ether oxygens (including phenoxy) is 2. The van der Waals surface area contributed by atoms with Crippen LogP contribution in [0.15, 0.2) is 53.0 Å². The van der Waals surface area contributed by atoms with Crippen molar-refractivity contribution in [1.29, 1.82) is 0 Å². The Morgan fingerprint density at radius 2 is 1.85 bits per heavy atom. The zero-order chi connectivity index (χ0) is 14.2. The Labute approximate surface area is 128 Å². The molecule has 0 amide bonds. The summed E-state index contributed by atoms with van der Waals surface area (Å²) in [6.07, 6.45) is 0. The van der Waals surface area contributed by atoms with Gasteiger partial charge in [0.25, 0.3) is 0 Å². The van der Waals surface area contributed by atoms with E-state index in [2.05, 4.69) is 21.2 Å². The van der Waals surface area contributed by atoms with Gasteiger partial charge in [0.2, 0.25) is 0 Å². The molecule has 0 atom stereocenters. The van der Waals surface area contributed by atoms with Crippen molar-refractivity contribution in [1.82, 2.24) is 5.32 Å². The summed E-state index contributed by atoms with van der Waals surface area (Å²) < 4.78 is 12.0. The second-order valence-corrected chi connectivity index (χ2v) is 5.25. The fourth-order valence-electron chi connectivity index (χ4n) is 1.81. The van der Waals surface area contributed by atoms with Crippen LogP contribution < -0.4 is 10.1 Å². The average molecular weight is 336 g/mol. The Morgan fingerprint density at radius 3 is 2.55 bits per heavy atom. The molecule has 0 heterocycles. The summed E-state index contributed by atoms with van der Waals surface area (Å²) in [4.78, 5) is 0. The molecule has 0 fully saturated rings. The lowest BCUT2D eigenvalue weighted by atomic mass is 10.2. The molecule has 2 aromatic carbocycles. The van der Waals surface area contributed by atoms with Crippen molar-refractivity contribution in [3.05, 3.63) is 64.1 Å². The predicted molar refractivity (Wildman–Crippen MR) is 83.6 cm³/mol. The maximum atomic E-state index is 5.60. The van der Waals surface area contributed by atoms with Gasteiger partial charge in [-0.05, 0) is 46.2 Å². The monoisotopic (exact) mass is 335 g/mol. The molecule has 0 bridgehead atoms. The minimum absolute atomic E-state index is 0.235. The molecule has 2 rings (SSSR count). The maximum Gasteiger partial charge on any atom is 0.189 e. The van der Waals surface area contributed by atoms with Crippen molar-refractivity contribution >= 4 is 15.9 Å². The van der Waals surface area contributed by atoms with Crippen LogP contribution in [0.1, 0.15) is 11.1 Å². The van der Waals surface area contributed by atoms with Gasteiger partial charge in [-0.1, -0.05) is 36.4 Å². The molecule has 0 saturated heterocycles. The average Bonchev–Trinajstić information content (AvgIpc) is 2.47. The summed E-state index contributed by atoms with van der Waals surface area (Å²) in [6, 6.07) is 16.1. The fraction of sp³-hybridized carbons (Fsp3) is 0.250. The van der Waals surface area contributed by atoms with E-state index in [1.165, 1.54) is 5.56 Å². The molecule has 106 valence electrons. The first-order valence-electron chi connectivity index (χ1n) is 6.47. The lowest BCUT2D eigenvalue weighted by Gasteiger charge is -2.10. The number of hydrogen-bond donors (Lipinski definition) is 1. The molecule has 0 aliphatic carbocycles. The fourth-order valence-corrected chi connectivity index (χ4v) is 2.36. The molecular weight excluding hydrogens is 318 g/mol. The van der Waals surface area contributed by atoms with E-state index < -0.39 is 0 Å². The van der Waals surface area contributed by atoms with Crippen molar-refractivity contribution in [2.24, 2.45) is 0 Å². The van der Waals surface area contributed by atoms with Crippen LogP contribution >= 0.6 is 15.9 Å². The van der Waals surface area contributed by atoms with Gasteiger partial charge < -0.3 is 14.8 Å². The molecule has 4 heteroatoms. The predicted octanol–water partition coefficient (Wildman–Crippen LogP) is 3.72. The quantitative estimate of drug-likeness (QED) is 0.617. The van der Waals surface area contributed by atoms with Crippen LogP contribution in [0, 0.1) is 0 Å². The van der Waals surface area contributed by atoms with Gasteiger partial charge in [0, 0.05) is 6.54 Å². The zero-order valence-electron chi connectivity index (χ0n) is 11.4. The van der Waals surface area contributed by atoms with Gasteiger partial charge in [0.1, 0.15) is 5.75 Å². The number of halogens is 1. The van der Waals surface area contributed by atoms with Crippen LogP contribution in [-0.2, 0) is 17.9 Å². The van der Waals surface area contributed by atoms with Gasteiger partial charge in [0.05, 0.1) is 11.1 Å². The summed E-state index contributed by atoms with van der Waals surface area (Å²) >= 11 is 3.51. The Kier molecular flexibility index (Phi) is 6.05. The second kappa shape index (κ2) is 8.04. The van der Waals surface area contributed by atoms with Gasteiger partial charge in [0.15, 0.2) is 6.79 Å². The number of hydrogen-bond acceptors (Lipinski definition) is 3. The Bertz CT molecular complexity index is 531. The van der Waals surface area contributed by atoms with Crippen LogP contribution in [-0.4, -0.2) is 13.8 Å². The van der Waals surface area contributed by atoms with Crippen LogP contribution in [0.3, 0.4) is 0 Å².